The fraction of sp³-hybridized carbons (Fsp3) is 0.846. The highest BCUT2D eigenvalue weighted by molar-refractivity contribution is 5.88. The van der Waals surface area contributed by atoms with E-state index in [1.807, 2.05) is 13.8 Å². The first-order valence-electron chi connectivity index (χ1n) is 6.66. The highest BCUT2D eigenvalue weighted by atomic mass is 16.4. The van der Waals surface area contributed by atoms with E-state index >= 15 is 0 Å². The van der Waals surface area contributed by atoms with Gasteiger partial charge in [-0.2, -0.15) is 0 Å². The average Bonchev–Trinajstić information content (AvgIpc) is 2.35. The van der Waals surface area contributed by atoms with Gasteiger partial charge in [0.15, 0.2) is 0 Å². The molecule has 0 aromatic heterocycles. The molecule has 0 spiro atoms. The smallest absolute Gasteiger partial charge is 0.322 e. The molecule has 1 heterocycles. The standard InChI is InChI=1S/C13H24N2O3/c1-4-10-7-5-6-8-15(10)13(2,3)12(18)14-9-11(16)17/h10H,4-9H2,1-3H3,(H,14,18)(H,16,17). The molecule has 0 aromatic carbocycles. The van der Waals surface area contributed by atoms with Crippen LogP contribution in [0.1, 0.15) is 46.5 Å². The van der Waals surface area contributed by atoms with E-state index in [1.54, 1.807) is 0 Å². The van der Waals surface area contributed by atoms with Crippen molar-refractivity contribution in [2.45, 2.75) is 58.0 Å². The number of rotatable bonds is 5. The molecule has 1 fully saturated rings. The minimum atomic E-state index is -1.01. The summed E-state index contributed by atoms with van der Waals surface area (Å²) in [6.45, 7) is 6.48. The second kappa shape index (κ2) is 6.18. The fourth-order valence-corrected chi connectivity index (χ4v) is 2.66. The normalized spacial score (nSPS) is 21.6. The third-order valence-corrected chi connectivity index (χ3v) is 3.77. The Morgan fingerprint density at radius 1 is 1.39 bits per heavy atom. The number of piperidine rings is 1. The van der Waals surface area contributed by atoms with Gasteiger partial charge in [0.2, 0.25) is 5.91 Å². The number of hydrogen-bond acceptors (Lipinski definition) is 3. The number of amides is 1. The molecule has 1 aliphatic rings. The summed E-state index contributed by atoms with van der Waals surface area (Å²) in [6.07, 6.45) is 4.45. The Hall–Kier alpha value is -1.10. The van der Waals surface area contributed by atoms with Crippen molar-refractivity contribution in [3.63, 3.8) is 0 Å². The molecule has 0 radical (unpaired) electrons. The van der Waals surface area contributed by atoms with Gasteiger partial charge in [-0.15, -0.1) is 0 Å². The van der Waals surface area contributed by atoms with Crippen LogP contribution in [0.15, 0.2) is 0 Å². The van der Waals surface area contributed by atoms with Gasteiger partial charge in [0.1, 0.15) is 6.54 Å². The Morgan fingerprint density at radius 2 is 2.06 bits per heavy atom. The Kier molecular flexibility index (Phi) is 5.14. The van der Waals surface area contributed by atoms with Gasteiger partial charge in [-0.25, -0.2) is 0 Å². The van der Waals surface area contributed by atoms with Crippen LogP contribution in [0.25, 0.3) is 0 Å². The molecule has 0 aromatic rings. The van der Waals surface area contributed by atoms with Crippen LogP contribution in [-0.2, 0) is 9.59 Å². The molecule has 2 N–H and O–H groups in total. The minimum Gasteiger partial charge on any atom is -0.480 e. The molecule has 1 saturated heterocycles. The highest BCUT2D eigenvalue weighted by Gasteiger charge is 2.39. The van der Waals surface area contributed by atoms with Gasteiger partial charge in [-0.3, -0.25) is 14.5 Å². The van der Waals surface area contributed by atoms with E-state index in [0.717, 1.165) is 25.8 Å². The van der Waals surface area contributed by atoms with Gasteiger partial charge >= 0.3 is 5.97 Å². The molecule has 1 atom stereocenters. The van der Waals surface area contributed by atoms with Gasteiger partial charge in [-0.1, -0.05) is 13.3 Å². The summed E-state index contributed by atoms with van der Waals surface area (Å²) >= 11 is 0. The number of nitrogens with zero attached hydrogens (tertiary/aromatic N) is 1. The summed E-state index contributed by atoms with van der Waals surface area (Å²) in [6, 6.07) is 0.421. The Morgan fingerprint density at radius 3 is 2.61 bits per heavy atom. The maximum atomic E-state index is 12.1. The maximum Gasteiger partial charge on any atom is 0.322 e. The van der Waals surface area contributed by atoms with Crippen LogP contribution < -0.4 is 5.32 Å². The van der Waals surface area contributed by atoms with Crippen LogP contribution in [0.2, 0.25) is 0 Å². The topological polar surface area (TPSA) is 69.6 Å². The van der Waals surface area contributed by atoms with E-state index in [-0.39, 0.29) is 12.5 Å². The summed E-state index contributed by atoms with van der Waals surface area (Å²) in [5, 5.41) is 11.1. The average molecular weight is 256 g/mol. The van der Waals surface area contributed by atoms with Gasteiger partial charge in [0.25, 0.3) is 0 Å². The summed E-state index contributed by atoms with van der Waals surface area (Å²) < 4.78 is 0. The maximum absolute atomic E-state index is 12.1. The molecule has 0 bridgehead atoms. The van der Waals surface area contributed by atoms with Crippen molar-refractivity contribution in [2.24, 2.45) is 0 Å². The summed E-state index contributed by atoms with van der Waals surface area (Å²) in [5.74, 6) is -1.21. The van der Waals surface area contributed by atoms with E-state index in [4.69, 9.17) is 5.11 Å². The third-order valence-electron chi connectivity index (χ3n) is 3.77. The molecule has 0 saturated carbocycles. The van der Waals surface area contributed by atoms with Crippen molar-refractivity contribution in [1.82, 2.24) is 10.2 Å². The fourth-order valence-electron chi connectivity index (χ4n) is 2.66. The Balaban J connectivity index is 2.70. The quantitative estimate of drug-likeness (QED) is 0.776. The zero-order chi connectivity index (χ0) is 13.8. The first kappa shape index (κ1) is 15.0. The highest BCUT2D eigenvalue weighted by Crippen LogP contribution is 2.27. The van der Waals surface area contributed by atoms with Gasteiger partial charge in [0, 0.05) is 6.04 Å². The molecule has 104 valence electrons. The van der Waals surface area contributed by atoms with E-state index in [1.165, 1.54) is 6.42 Å². The predicted molar refractivity (Wildman–Crippen MR) is 69.4 cm³/mol. The zero-order valence-corrected chi connectivity index (χ0v) is 11.5. The molecule has 1 amide bonds. The molecule has 18 heavy (non-hydrogen) atoms. The predicted octanol–water partition coefficient (Wildman–Crippen LogP) is 1.23. The largest absolute Gasteiger partial charge is 0.480 e. The molecule has 5 nitrogen and oxygen atoms in total. The lowest BCUT2D eigenvalue weighted by Gasteiger charge is -2.45. The van der Waals surface area contributed by atoms with Crippen LogP contribution in [0.3, 0.4) is 0 Å². The Labute approximate surface area is 109 Å². The molecule has 1 aliphatic heterocycles. The van der Waals surface area contributed by atoms with Crippen molar-refractivity contribution in [3.8, 4) is 0 Å². The minimum absolute atomic E-state index is 0.203. The van der Waals surface area contributed by atoms with Crippen molar-refractivity contribution in [3.05, 3.63) is 0 Å². The van der Waals surface area contributed by atoms with Crippen LogP contribution in [-0.4, -0.2) is 46.6 Å². The molecule has 1 rings (SSSR count). The van der Waals surface area contributed by atoms with Crippen LogP contribution in [0.4, 0.5) is 0 Å². The lowest BCUT2D eigenvalue weighted by Crippen LogP contribution is -2.60. The van der Waals surface area contributed by atoms with Crippen molar-refractivity contribution >= 4 is 11.9 Å². The Bertz CT molecular complexity index is 315. The first-order chi connectivity index (χ1) is 8.39. The third kappa shape index (κ3) is 3.45. The summed E-state index contributed by atoms with van der Waals surface area (Å²) in [4.78, 5) is 24.8. The van der Waals surface area contributed by atoms with Crippen molar-refractivity contribution in [1.29, 1.82) is 0 Å². The lowest BCUT2D eigenvalue weighted by molar-refractivity contribution is -0.141. The molecule has 5 heteroatoms. The second-order valence-electron chi connectivity index (χ2n) is 5.39. The number of nitrogens with one attached hydrogen (secondary N) is 1. The summed E-state index contributed by atoms with van der Waals surface area (Å²) in [5.41, 5.74) is -0.642. The molecular formula is C13H24N2O3. The number of carboxylic acids is 1. The monoisotopic (exact) mass is 256 g/mol. The first-order valence-corrected chi connectivity index (χ1v) is 6.66. The van der Waals surface area contributed by atoms with Gasteiger partial charge in [0.05, 0.1) is 5.54 Å². The van der Waals surface area contributed by atoms with Crippen LogP contribution in [0.5, 0.6) is 0 Å². The number of likely N-dealkylation sites (tertiary alicyclic amines) is 1. The number of aliphatic carboxylic acids is 1. The van der Waals surface area contributed by atoms with E-state index in [9.17, 15) is 9.59 Å². The number of carbonyl (C=O) groups excluding carboxylic acids is 1. The van der Waals surface area contributed by atoms with Crippen LogP contribution >= 0.6 is 0 Å². The van der Waals surface area contributed by atoms with Gasteiger partial charge < -0.3 is 10.4 Å². The lowest BCUT2D eigenvalue weighted by atomic mass is 9.91. The molecule has 1 unspecified atom stereocenters. The van der Waals surface area contributed by atoms with E-state index in [0.29, 0.717) is 6.04 Å². The molecular weight excluding hydrogens is 232 g/mol. The number of carboxylic acid groups (broad SMARTS) is 1. The van der Waals surface area contributed by atoms with E-state index < -0.39 is 11.5 Å². The summed E-state index contributed by atoms with van der Waals surface area (Å²) in [7, 11) is 0. The van der Waals surface area contributed by atoms with Crippen molar-refractivity contribution in [2.75, 3.05) is 13.1 Å². The second-order valence-corrected chi connectivity index (χ2v) is 5.39. The zero-order valence-electron chi connectivity index (χ0n) is 11.5. The number of hydrogen-bond donors (Lipinski definition) is 2. The number of carbonyl (C=O) groups is 2. The van der Waals surface area contributed by atoms with Crippen LogP contribution in [0, 0.1) is 0 Å². The SMILES string of the molecule is CCC1CCCCN1C(C)(C)C(=O)NCC(=O)O. The van der Waals surface area contributed by atoms with Gasteiger partial charge in [-0.05, 0) is 39.7 Å². The molecule has 0 aliphatic carbocycles. The van der Waals surface area contributed by atoms with E-state index in [2.05, 4.69) is 17.1 Å². The van der Waals surface area contributed by atoms with Crippen molar-refractivity contribution < 1.29 is 14.7 Å².